The van der Waals surface area contributed by atoms with Crippen molar-refractivity contribution in [3.05, 3.63) is 127 Å². The molecule has 9 rings (SSSR count). The van der Waals surface area contributed by atoms with Crippen molar-refractivity contribution < 1.29 is 9.59 Å². The molecule has 0 spiro atoms. The minimum atomic E-state index is -0.327. The molecule has 4 heterocycles. The van der Waals surface area contributed by atoms with Gasteiger partial charge in [0.1, 0.15) is 10.7 Å². The number of carbonyl (C=O) groups excluding carboxylic acids is 2. The monoisotopic (exact) mass is 646 g/mol. The van der Waals surface area contributed by atoms with Crippen LogP contribution in [0.3, 0.4) is 0 Å². The van der Waals surface area contributed by atoms with E-state index >= 15 is 0 Å². The number of imide groups is 1. The van der Waals surface area contributed by atoms with Crippen molar-refractivity contribution in [2.75, 3.05) is 43.0 Å². The van der Waals surface area contributed by atoms with Crippen LogP contribution < -0.4 is 9.80 Å². The van der Waals surface area contributed by atoms with Gasteiger partial charge in [-0.1, -0.05) is 54.6 Å². The fourth-order valence-corrected chi connectivity index (χ4v) is 7.85. The van der Waals surface area contributed by atoms with Crippen molar-refractivity contribution in [3.63, 3.8) is 0 Å². The number of nitrogens with zero attached hydrogens (tertiary/aromatic N) is 6. The average Bonchev–Trinajstić information content (AvgIpc) is 3.77. The number of hydrogen-bond donors (Lipinski definition) is 0. The number of rotatable bonds is 5. The van der Waals surface area contributed by atoms with Crippen molar-refractivity contribution in [3.8, 4) is 27.5 Å². The van der Waals surface area contributed by atoms with Gasteiger partial charge in [0.15, 0.2) is 0 Å². The van der Waals surface area contributed by atoms with Crippen LogP contribution in [0.5, 0.6) is 0 Å². The summed E-state index contributed by atoms with van der Waals surface area (Å²) >= 11 is 1.61. The molecule has 0 atom stereocenters. The SMILES string of the molecule is CN1CCN(c2ccc3c4c(cccc24)C(=O)N(c2cccc(-c4nn(-c5ccccc5)cc4-c4nc5ccccc5s4)c2)C3=O)CC1. The van der Waals surface area contributed by atoms with Gasteiger partial charge in [-0.05, 0) is 61.6 Å². The largest absolute Gasteiger partial charge is 0.368 e. The fourth-order valence-electron chi connectivity index (χ4n) is 6.87. The molecule has 0 N–H and O–H groups in total. The first kappa shape index (κ1) is 28.6. The van der Waals surface area contributed by atoms with Gasteiger partial charge in [-0.2, -0.15) is 5.10 Å². The van der Waals surface area contributed by atoms with Crippen LogP contribution in [-0.4, -0.2) is 64.7 Å². The van der Waals surface area contributed by atoms with Crippen LogP contribution in [-0.2, 0) is 0 Å². The van der Waals surface area contributed by atoms with E-state index in [1.807, 2.05) is 114 Å². The highest BCUT2D eigenvalue weighted by atomic mass is 32.1. The van der Waals surface area contributed by atoms with Gasteiger partial charge >= 0.3 is 0 Å². The summed E-state index contributed by atoms with van der Waals surface area (Å²) in [7, 11) is 2.13. The topological polar surface area (TPSA) is 74.6 Å². The van der Waals surface area contributed by atoms with E-state index in [2.05, 4.69) is 22.9 Å². The lowest BCUT2D eigenvalue weighted by Crippen LogP contribution is -2.45. The van der Waals surface area contributed by atoms with Crippen molar-refractivity contribution in [2.45, 2.75) is 0 Å². The van der Waals surface area contributed by atoms with Crippen LogP contribution in [0, 0.1) is 0 Å². The smallest absolute Gasteiger partial charge is 0.265 e. The molecule has 1 fully saturated rings. The van der Waals surface area contributed by atoms with Gasteiger partial charge in [0.2, 0.25) is 0 Å². The molecule has 0 unspecified atom stereocenters. The zero-order chi connectivity index (χ0) is 32.4. The lowest BCUT2D eigenvalue weighted by molar-refractivity contribution is 0.0893. The van der Waals surface area contributed by atoms with Gasteiger partial charge in [0.25, 0.3) is 11.8 Å². The second-order valence-corrected chi connectivity index (χ2v) is 13.3. The molecule has 0 saturated carbocycles. The van der Waals surface area contributed by atoms with Crippen LogP contribution >= 0.6 is 11.3 Å². The molecule has 5 aromatic carbocycles. The number of likely N-dealkylation sites (N-methyl/N-ethyl adjacent to an activating group) is 1. The summed E-state index contributed by atoms with van der Waals surface area (Å²) in [5, 5.41) is 7.56. The third-order valence-corrected chi connectivity index (χ3v) is 10.4. The first-order valence-electron chi connectivity index (χ1n) is 16.0. The van der Waals surface area contributed by atoms with E-state index < -0.39 is 0 Å². The standard InChI is InChI=1S/C39H30N6O2S/c1-42-19-21-43(22-20-42)33-18-17-30-35-28(33)13-8-14-29(35)38(46)45(39(30)47)27-12-7-9-25(23-27)36-31(24-44(41-36)26-10-3-2-4-11-26)37-40-32-15-5-6-16-34(32)48-37/h2-18,23-24H,19-22H2,1H3. The Kier molecular flexibility index (Phi) is 6.70. The number of amides is 2. The second-order valence-electron chi connectivity index (χ2n) is 12.3. The summed E-state index contributed by atoms with van der Waals surface area (Å²) in [4.78, 5) is 39.4. The highest BCUT2D eigenvalue weighted by Crippen LogP contribution is 2.40. The highest BCUT2D eigenvalue weighted by Gasteiger charge is 2.35. The molecule has 8 nitrogen and oxygen atoms in total. The molecular weight excluding hydrogens is 617 g/mol. The van der Waals surface area contributed by atoms with E-state index in [1.54, 1.807) is 11.3 Å². The fraction of sp³-hybridized carbons (Fsp3) is 0.128. The number of piperazine rings is 1. The number of hydrogen-bond acceptors (Lipinski definition) is 7. The van der Waals surface area contributed by atoms with E-state index in [1.165, 1.54) is 4.90 Å². The van der Waals surface area contributed by atoms with Crippen molar-refractivity contribution >= 4 is 55.5 Å². The van der Waals surface area contributed by atoms with E-state index in [0.717, 1.165) is 80.4 Å². The Labute approximate surface area is 281 Å². The summed E-state index contributed by atoms with van der Waals surface area (Å²) in [6.07, 6.45) is 2.00. The molecule has 2 aliphatic heterocycles. The van der Waals surface area contributed by atoms with Crippen LogP contribution in [0.25, 0.3) is 48.5 Å². The molecule has 48 heavy (non-hydrogen) atoms. The molecule has 2 aliphatic rings. The maximum atomic E-state index is 14.2. The highest BCUT2D eigenvalue weighted by molar-refractivity contribution is 7.21. The van der Waals surface area contributed by atoms with Crippen molar-refractivity contribution in [1.82, 2.24) is 19.7 Å². The maximum absolute atomic E-state index is 14.2. The summed E-state index contributed by atoms with van der Waals surface area (Å²) < 4.78 is 2.95. The molecule has 9 heteroatoms. The predicted octanol–water partition coefficient (Wildman–Crippen LogP) is 7.52. The second kappa shape index (κ2) is 11.3. The molecule has 0 radical (unpaired) electrons. The number of thiazole rings is 1. The zero-order valence-electron chi connectivity index (χ0n) is 26.2. The van der Waals surface area contributed by atoms with E-state index in [9.17, 15) is 9.59 Å². The Morgan fingerprint density at radius 2 is 1.42 bits per heavy atom. The third-order valence-electron chi connectivity index (χ3n) is 9.37. The summed E-state index contributed by atoms with van der Waals surface area (Å²) in [6.45, 7) is 3.73. The Morgan fingerprint density at radius 3 is 2.23 bits per heavy atom. The van der Waals surface area contributed by atoms with Gasteiger partial charge in [0, 0.05) is 65.5 Å². The zero-order valence-corrected chi connectivity index (χ0v) is 27.0. The van der Waals surface area contributed by atoms with Crippen molar-refractivity contribution in [1.29, 1.82) is 0 Å². The molecule has 0 aliphatic carbocycles. The van der Waals surface area contributed by atoms with Crippen LogP contribution in [0.4, 0.5) is 11.4 Å². The normalized spacial score (nSPS) is 15.2. The number of benzene rings is 5. The van der Waals surface area contributed by atoms with Crippen LogP contribution in [0.1, 0.15) is 20.7 Å². The summed E-state index contributed by atoms with van der Waals surface area (Å²) in [5.41, 5.74) is 6.86. The van der Waals surface area contributed by atoms with E-state index in [4.69, 9.17) is 10.1 Å². The van der Waals surface area contributed by atoms with Gasteiger partial charge in [-0.15, -0.1) is 11.3 Å². The predicted molar refractivity (Wildman–Crippen MR) is 192 cm³/mol. The number of fused-ring (bicyclic) bond motifs is 1. The molecule has 1 saturated heterocycles. The first-order valence-corrected chi connectivity index (χ1v) is 16.8. The average molecular weight is 647 g/mol. The molecule has 0 bridgehead atoms. The van der Waals surface area contributed by atoms with Crippen molar-refractivity contribution in [2.24, 2.45) is 0 Å². The molecule has 234 valence electrons. The number of para-hydroxylation sites is 2. The third kappa shape index (κ3) is 4.62. The van der Waals surface area contributed by atoms with Gasteiger partial charge in [-0.3, -0.25) is 9.59 Å². The maximum Gasteiger partial charge on any atom is 0.265 e. The van der Waals surface area contributed by atoms with E-state index in [0.29, 0.717) is 16.8 Å². The Balaban J connectivity index is 1.14. The van der Waals surface area contributed by atoms with Gasteiger partial charge in [0.05, 0.1) is 27.2 Å². The lowest BCUT2D eigenvalue weighted by atomic mass is 9.92. The Morgan fingerprint density at radius 1 is 0.688 bits per heavy atom. The molecule has 2 aromatic heterocycles. The van der Waals surface area contributed by atoms with E-state index in [-0.39, 0.29) is 11.8 Å². The Bertz CT molecular complexity index is 2330. The minimum Gasteiger partial charge on any atom is -0.368 e. The number of carbonyl (C=O) groups is 2. The summed E-state index contributed by atoms with van der Waals surface area (Å²) in [6, 6.07) is 35.3. The molecule has 2 amide bonds. The van der Waals surface area contributed by atoms with Gasteiger partial charge < -0.3 is 9.80 Å². The Hall–Kier alpha value is -5.64. The number of aromatic nitrogens is 3. The molecular formula is C39H30N6O2S. The van der Waals surface area contributed by atoms with Crippen LogP contribution in [0.15, 0.2) is 115 Å². The minimum absolute atomic E-state index is 0.327. The first-order chi connectivity index (χ1) is 23.5. The lowest BCUT2D eigenvalue weighted by Gasteiger charge is -2.35. The van der Waals surface area contributed by atoms with Gasteiger partial charge in [-0.25, -0.2) is 14.6 Å². The molecule has 7 aromatic rings. The summed E-state index contributed by atoms with van der Waals surface area (Å²) in [5.74, 6) is -0.654. The quantitative estimate of drug-likeness (QED) is 0.180. The van der Waals surface area contributed by atoms with Crippen LogP contribution in [0.2, 0.25) is 0 Å². The number of anilines is 2.